The maximum Gasteiger partial charge on any atom is 0.271 e. The molecule has 1 amide bonds. The minimum atomic E-state index is -0.0983. The molecule has 0 bridgehead atoms. The molecule has 122 valence electrons. The molecule has 0 saturated carbocycles. The van der Waals surface area contributed by atoms with Gasteiger partial charge in [0.25, 0.3) is 5.91 Å². The van der Waals surface area contributed by atoms with Gasteiger partial charge in [0, 0.05) is 0 Å². The van der Waals surface area contributed by atoms with Crippen molar-refractivity contribution in [1.82, 2.24) is 0 Å². The highest BCUT2D eigenvalue weighted by atomic mass is 32.2. The minimum absolute atomic E-state index is 0.0983. The zero-order valence-corrected chi connectivity index (χ0v) is 15.3. The molecule has 5 heteroatoms. The van der Waals surface area contributed by atoms with E-state index in [4.69, 9.17) is 12.2 Å². The Labute approximate surface area is 151 Å². The van der Waals surface area contributed by atoms with Crippen molar-refractivity contribution in [3.8, 4) is 5.75 Å². The predicted octanol–water partition coefficient (Wildman–Crippen LogP) is 4.80. The number of amides is 1. The monoisotopic (exact) mass is 355 g/mol. The minimum Gasteiger partial charge on any atom is -0.508 e. The lowest BCUT2D eigenvalue weighted by molar-refractivity contribution is -0.113. The van der Waals surface area contributed by atoms with E-state index < -0.39 is 0 Å². The third kappa shape index (κ3) is 2.97. The van der Waals surface area contributed by atoms with Crippen LogP contribution in [-0.2, 0) is 4.79 Å². The molecular weight excluding hydrogens is 338 g/mol. The number of thioether (sulfide) groups is 1. The van der Waals surface area contributed by atoms with Gasteiger partial charge in [0.15, 0.2) is 4.32 Å². The smallest absolute Gasteiger partial charge is 0.271 e. The summed E-state index contributed by atoms with van der Waals surface area (Å²) >= 11 is 6.76. The number of hydrogen-bond donors (Lipinski definition) is 1. The summed E-state index contributed by atoms with van der Waals surface area (Å²) in [5.74, 6) is 0.105. The van der Waals surface area contributed by atoms with Crippen LogP contribution in [0.1, 0.15) is 23.6 Å². The van der Waals surface area contributed by atoms with E-state index in [-0.39, 0.29) is 11.7 Å². The van der Waals surface area contributed by atoms with Gasteiger partial charge in [0.2, 0.25) is 0 Å². The first-order chi connectivity index (χ1) is 11.4. The van der Waals surface area contributed by atoms with Gasteiger partial charge in [-0.3, -0.25) is 9.69 Å². The Kier molecular flexibility index (Phi) is 4.47. The van der Waals surface area contributed by atoms with E-state index in [9.17, 15) is 9.90 Å². The fourth-order valence-corrected chi connectivity index (χ4v) is 3.87. The Morgan fingerprint density at radius 3 is 2.38 bits per heavy atom. The molecule has 0 aromatic heterocycles. The Morgan fingerprint density at radius 2 is 1.75 bits per heavy atom. The first-order valence-electron chi connectivity index (χ1n) is 7.52. The molecule has 3 nitrogen and oxygen atoms in total. The van der Waals surface area contributed by atoms with E-state index in [0.29, 0.717) is 9.23 Å². The quantitative estimate of drug-likeness (QED) is 0.620. The standard InChI is InChI=1S/C19H17NO2S2/c1-11-4-7-15(10-12(11)2)20-18(22)17(24-19(20)23)13(3)14-5-8-16(21)9-6-14/h4-10,21H,1-3H3/b17-13-. The Hall–Kier alpha value is -2.11. The van der Waals surface area contributed by atoms with Crippen LogP contribution in [0, 0.1) is 13.8 Å². The summed E-state index contributed by atoms with van der Waals surface area (Å²) in [7, 11) is 0. The molecule has 1 saturated heterocycles. The molecule has 1 aliphatic heterocycles. The second-order valence-corrected chi connectivity index (χ2v) is 7.42. The zero-order valence-electron chi connectivity index (χ0n) is 13.7. The van der Waals surface area contributed by atoms with E-state index in [1.54, 1.807) is 29.2 Å². The maximum atomic E-state index is 12.9. The third-order valence-corrected chi connectivity index (χ3v) is 5.63. The van der Waals surface area contributed by atoms with Gasteiger partial charge < -0.3 is 5.11 Å². The number of rotatable bonds is 2. The van der Waals surface area contributed by atoms with Crippen molar-refractivity contribution in [2.45, 2.75) is 20.8 Å². The van der Waals surface area contributed by atoms with E-state index in [1.165, 1.54) is 17.3 Å². The lowest BCUT2D eigenvalue weighted by Gasteiger charge is -2.16. The van der Waals surface area contributed by atoms with Crippen LogP contribution < -0.4 is 4.90 Å². The summed E-state index contributed by atoms with van der Waals surface area (Å²) in [6.45, 7) is 5.96. The molecule has 1 aliphatic rings. The van der Waals surface area contributed by atoms with Crippen molar-refractivity contribution >= 4 is 45.5 Å². The number of carbonyl (C=O) groups is 1. The summed E-state index contributed by atoms with van der Waals surface area (Å²) in [5.41, 5.74) is 4.86. The van der Waals surface area contributed by atoms with Gasteiger partial charge in [-0.05, 0) is 67.3 Å². The lowest BCUT2D eigenvalue weighted by Crippen LogP contribution is -2.27. The molecule has 1 N–H and O–H groups in total. The van der Waals surface area contributed by atoms with E-state index in [1.807, 2.05) is 39.0 Å². The normalized spacial score (nSPS) is 16.7. The van der Waals surface area contributed by atoms with Gasteiger partial charge in [-0.15, -0.1) is 0 Å². The highest BCUT2D eigenvalue weighted by Crippen LogP contribution is 2.39. The number of nitrogens with zero attached hydrogens (tertiary/aromatic N) is 1. The van der Waals surface area contributed by atoms with Crippen LogP contribution in [-0.4, -0.2) is 15.3 Å². The van der Waals surface area contributed by atoms with E-state index in [0.717, 1.165) is 22.4 Å². The maximum absolute atomic E-state index is 12.9. The van der Waals surface area contributed by atoms with Gasteiger partial charge in [-0.25, -0.2) is 0 Å². The largest absolute Gasteiger partial charge is 0.508 e. The second kappa shape index (κ2) is 6.42. The van der Waals surface area contributed by atoms with Crippen molar-refractivity contribution in [3.63, 3.8) is 0 Å². The molecule has 0 atom stereocenters. The average Bonchev–Trinajstić information content (AvgIpc) is 2.85. The third-order valence-electron chi connectivity index (χ3n) is 4.16. The number of aryl methyl sites for hydroxylation is 2. The molecule has 1 fully saturated rings. The van der Waals surface area contributed by atoms with Gasteiger partial charge in [-0.1, -0.05) is 42.2 Å². The van der Waals surface area contributed by atoms with Crippen LogP contribution in [0.25, 0.3) is 5.57 Å². The van der Waals surface area contributed by atoms with Crippen molar-refractivity contribution in [3.05, 3.63) is 64.1 Å². The summed E-state index contributed by atoms with van der Waals surface area (Å²) in [6, 6.07) is 12.7. The molecule has 2 aromatic carbocycles. The molecule has 0 unspecified atom stereocenters. The Bertz CT molecular complexity index is 869. The number of benzene rings is 2. The topological polar surface area (TPSA) is 40.5 Å². The average molecular weight is 355 g/mol. The van der Waals surface area contributed by atoms with Crippen molar-refractivity contribution in [2.75, 3.05) is 4.90 Å². The first kappa shape index (κ1) is 16.7. The van der Waals surface area contributed by atoms with Gasteiger partial charge in [-0.2, -0.15) is 0 Å². The number of phenols is 1. The van der Waals surface area contributed by atoms with E-state index in [2.05, 4.69) is 0 Å². The summed E-state index contributed by atoms with van der Waals surface area (Å²) in [4.78, 5) is 15.1. The molecular formula is C19H17NO2S2. The van der Waals surface area contributed by atoms with Crippen LogP contribution in [0.5, 0.6) is 5.75 Å². The zero-order chi connectivity index (χ0) is 17.4. The van der Waals surface area contributed by atoms with Crippen LogP contribution in [0.15, 0.2) is 47.4 Å². The lowest BCUT2D eigenvalue weighted by atomic mass is 10.1. The summed E-state index contributed by atoms with van der Waals surface area (Å²) in [6.07, 6.45) is 0. The highest BCUT2D eigenvalue weighted by Gasteiger charge is 2.35. The SMILES string of the molecule is C/C(=C1/SC(=S)N(c2ccc(C)c(C)c2)C1=O)c1ccc(O)cc1. The number of anilines is 1. The number of aromatic hydroxyl groups is 1. The van der Waals surface area contributed by atoms with Crippen LogP contribution in [0.2, 0.25) is 0 Å². The number of allylic oxidation sites excluding steroid dienone is 1. The summed E-state index contributed by atoms with van der Waals surface area (Å²) in [5, 5.41) is 9.42. The van der Waals surface area contributed by atoms with Crippen LogP contribution >= 0.6 is 24.0 Å². The fourth-order valence-electron chi connectivity index (χ4n) is 2.53. The number of thiocarbonyl (C=S) groups is 1. The number of hydrogen-bond acceptors (Lipinski definition) is 4. The molecule has 0 radical (unpaired) electrons. The number of phenolic OH excluding ortho intramolecular Hbond substituents is 1. The van der Waals surface area contributed by atoms with Gasteiger partial charge >= 0.3 is 0 Å². The Balaban J connectivity index is 2.00. The highest BCUT2D eigenvalue weighted by molar-refractivity contribution is 8.27. The van der Waals surface area contributed by atoms with Crippen molar-refractivity contribution < 1.29 is 9.90 Å². The number of carbonyl (C=O) groups excluding carboxylic acids is 1. The molecule has 0 spiro atoms. The van der Waals surface area contributed by atoms with Crippen LogP contribution in [0.4, 0.5) is 5.69 Å². The fraction of sp³-hybridized carbons (Fsp3) is 0.158. The molecule has 1 heterocycles. The van der Waals surface area contributed by atoms with Crippen molar-refractivity contribution in [2.24, 2.45) is 0 Å². The summed E-state index contributed by atoms with van der Waals surface area (Å²) < 4.78 is 0.538. The molecule has 3 rings (SSSR count). The second-order valence-electron chi connectivity index (χ2n) is 5.78. The Morgan fingerprint density at radius 1 is 1.08 bits per heavy atom. The first-order valence-corrected chi connectivity index (χ1v) is 8.75. The predicted molar refractivity (Wildman–Crippen MR) is 104 cm³/mol. The van der Waals surface area contributed by atoms with Gasteiger partial charge in [0.1, 0.15) is 5.75 Å². The van der Waals surface area contributed by atoms with Gasteiger partial charge in [0.05, 0.1) is 10.6 Å². The van der Waals surface area contributed by atoms with Crippen LogP contribution in [0.3, 0.4) is 0 Å². The molecule has 24 heavy (non-hydrogen) atoms. The molecule has 2 aromatic rings. The van der Waals surface area contributed by atoms with E-state index >= 15 is 0 Å². The molecule has 0 aliphatic carbocycles. The van der Waals surface area contributed by atoms with Crippen molar-refractivity contribution in [1.29, 1.82) is 0 Å².